The summed E-state index contributed by atoms with van der Waals surface area (Å²) in [7, 11) is -3.59. The number of nitrogens with zero attached hydrogens (tertiary/aromatic N) is 1. The fraction of sp³-hybridized carbons (Fsp3) is 0.556. The monoisotopic (exact) mass is 415 g/mol. The van der Waals surface area contributed by atoms with Crippen molar-refractivity contribution in [3.63, 3.8) is 0 Å². The average Bonchev–Trinajstić information content (AvgIpc) is 2.64. The molecule has 9 heteroatoms. The standard InChI is InChI=1S/C18H29N3O4S2/c1-4-11-21(12-5-2)27(24,25)15-8-6-14(7-9-15)18(23)20-16(17(19)22)10-13-26-3/h6-9,16H,4-5,10-13H2,1-3H3,(H2,19,22)(H,20,23)/t16-/m0/s1. The number of primary amides is 1. The summed E-state index contributed by atoms with van der Waals surface area (Å²) in [4.78, 5) is 24.0. The number of amides is 2. The molecule has 0 saturated carbocycles. The highest BCUT2D eigenvalue weighted by molar-refractivity contribution is 7.98. The van der Waals surface area contributed by atoms with Gasteiger partial charge in [-0.05, 0) is 55.5 Å². The summed E-state index contributed by atoms with van der Waals surface area (Å²) in [5.74, 6) is -0.357. The molecule has 0 fully saturated rings. The first-order valence-electron chi connectivity index (χ1n) is 8.97. The number of rotatable bonds is 12. The molecule has 1 aromatic rings. The Kier molecular flexibility index (Phi) is 9.82. The maximum absolute atomic E-state index is 12.7. The van der Waals surface area contributed by atoms with Crippen LogP contribution in [0.3, 0.4) is 0 Å². The van der Waals surface area contributed by atoms with Gasteiger partial charge in [0.05, 0.1) is 4.90 Å². The Morgan fingerprint density at radius 1 is 1.15 bits per heavy atom. The van der Waals surface area contributed by atoms with Crippen molar-refractivity contribution in [2.24, 2.45) is 5.73 Å². The molecule has 0 aliphatic rings. The summed E-state index contributed by atoms with van der Waals surface area (Å²) < 4.78 is 26.9. The van der Waals surface area contributed by atoms with Gasteiger partial charge in [0, 0.05) is 18.7 Å². The molecule has 2 amide bonds. The Bertz CT molecular complexity index is 715. The summed E-state index contributed by atoms with van der Waals surface area (Å²) in [6, 6.07) is 4.99. The van der Waals surface area contributed by atoms with Crippen LogP contribution in [0.25, 0.3) is 0 Å². The molecule has 0 unspecified atom stereocenters. The number of nitrogens with one attached hydrogen (secondary N) is 1. The van der Waals surface area contributed by atoms with Crippen molar-refractivity contribution >= 4 is 33.6 Å². The quantitative estimate of drug-likeness (QED) is 0.541. The van der Waals surface area contributed by atoms with E-state index in [0.717, 1.165) is 12.8 Å². The van der Waals surface area contributed by atoms with Crippen LogP contribution in [0.4, 0.5) is 0 Å². The van der Waals surface area contributed by atoms with E-state index in [4.69, 9.17) is 5.73 Å². The minimum Gasteiger partial charge on any atom is -0.368 e. The van der Waals surface area contributed by atoms with Gasteiger partial charge in [-0.15, -0.1) is 0 Å². The maximum Gasteiger partial charge on any atom is 0.251 e. The number of hydrogen-bond donors (Lipinski definition) is 2. The van der Waals surface area contributed by atoms with Crippen LogP contribution in [0.5, 0.6) is 0 Å². The van der Waals surface area contributed by atoms with E-state index in [1.54, 1.807) is 11.8 Å². The predicted molar refractivity (Wildman–Crippen MR) is 109 cm³/mol. The minimum absolute atomic E-state index is 0.148. The van der Waals surface area contributed by atoms with Crippen molar-refractivity contribution in [3.05, 3.63) is 29.8 Å². The highest BCUT2D eigenvalue weighted by atomic mass is 32.2. The summed E-state index contributed by atoms with van der Waals surface area (Å²) >= 11 is 1.56. The average molecular weight is 416 g/mol. The highest BCUT2D eigenvalue weighted by Crippen LogP contribution is 2.17. The fourth-order valence-electron chi connectivity index (χ4n) is 2.54. The molecule has 7 nitrogen and oxygen atoms in total. The van der Waals surface area contributed by atoms with E-state index in [9.17, 15) is 18.0 Å². The Morgan fingerprint density at radius 3 is 2.15 bits per heavy atom. The molecule has 0 spiro atoms. The second kappa shape index (κ2) is 11.3. The Hall–Kier alpha value is -1.58. The molecule has 3 N–H and O–H groups in total. The van der Waals surface area contributed by atoms with Crippen LogP contribution in [0, 0.1) is 0 Å². The molecule has 0 radical (unpaired) electrons. The molecular weight excluding hydrogens is 386 g/mol. The lowest BCUT2D eigenvalue weighted by molar-refractivity contribution is -0.119. The molecule has 0 bridgehead atoms. The third-order valence-corrected chi connectivity index (χ3v) is 6.52. The number of thioether (sulfide) groups is 1. The van der Waals surface area contributed by atoms with Gasteiger partial charge < -0.3 is 11.1 Å². The number of carbonyl (C=O) groups is 2. The number of sulfonamides is 1. The highest BCUT2D eigenvalue weighted by Gasteiger charge is 2.24. The first kappa shape index (κ1) is 23.5. The Balaban J connectivity index is 2.93. The van der Waals surface area contributed by atoms with Gasteiger partial charge in [-0.1, -0.05) is 13.8 Å². The molecule has 0 saturated heterocycles. The van der Waals surface area contributed by atoms with Crippen LogP contribution in [0.2, 0.25) is 0 Å². The van der Waals surface area contributed by atoms with Crippen molar-refractivity contribution in [2.45, 2.75) is 44.0 Å². The van der Waals surface area contributed by atoms with Gasteiger partial charge in [0.15, 0.2) is 0 Å². The lowest BCUT2D eigenvalue weighted by atomic mass is 10.1. The molecule has 1 atom stereocenters. The largest absolute Gasteiger partial charge is 0.368 e. The van der Waals surface area contributed by atoms with Gasteiger partial charge in [-0.25, -0.2) is 8.42 Å². The number of carbonyl (C=O) groups excluding carboxylic acids is 2. The van der Waals surface area contributed by atoms with Crippen molar-refractivity contribution in [1.82, 2.24) is 9.62 Å². The van der Waals surface area contributed by atoms with E-state index in [-0.39, 0.29) is 10.5 Å². The SMILES string of the molecule is CCCN(CCC)S(=O)(=O)c1ccc(C(=O)N[C@@H](CCSC)C(N)=O)cc1. The molecule has 0 heterocycles. The summed E-state index contributed by atoms with van der Waals surface area (Å²) in [5, 5.41) is 2.60. The maximum atomic E-state index is 12.7. The van der Waals surface area contributed by atoms with Crippen molar-refractivity contribution in [2.75, 3.05) is 25.1 Å². The Morgan fingerprint density at radius 2 is 1.70 bits per heavy atom. The molecule has 27 heavy (non-hydrogen) atoms. The first-order valence-corrected chi connectivity index (χ1v) is 11.8. The lowest BCUT2D eigenvalue weighted by Crippen LogP contribution is -2.44. The summed E-state index contributed by atoms with van der Waals surface area (Å²) in [5.41, 5.74) is 5.61. The molecule has 0 aliphatic carbocycles. The van der Waals surface area contributed by atoms with E-state index in [0.29, 0.717) is 25.3 Å². The van der Waals surface area contributed by atoms with E-state index in [1.165, 1.54) is 28.6 Å². The summed E-state index contributed by atoms with van der Waals surface area (Å²) in [6.07, 6.45) is 3.80. The smallest absolute Gasteiger partial charge is 0.251 e. The van der Waals surface area contributed by atoms with Crippen LogP contribution in [0.15, 0.2) is 29.2 Å². The molecule has 0 aliphatic heterocycles. The zero-order valence-corrected chi connectivity index (χ0v) is 17.7. The predicted octanol–water partition coefficient (Wildman–Crippen LogP) is 1.83. The normalized spacial score (nSPS) is 12.7. The van der Waals surface area contributed by atoms with E-state index in [2.05, 4.69) is 5.32 Å². The Labute approximate surface area is 166 Å². The van der Waals surface area contributed by atoms with Gasteiger partial charge in [0.2, 0.25) is 15.9 Å². The molecule has 1 aromatic carbocycles. The van der Waals surface area contributed by atoms with Gasteiger partial charge in [0.1, 0.15) is 6.04 Å². The lowest BCUT2D eigenvalue weighted by Gasteiger charge is -2.21. The van der Waals surface area contributed by atoms with E-state index in [1.807, 2.05) is 20.1 Å². The number of benzene rings is 1. The van der Waals surface area contributed by atoms with Crippen LogP contribution >= 0.6 is 11.8 Å². The van der Waals surface area contributed by atoms with Gasteiger partial charge >= 0.3 is 0 Å². The van der Waals surface area contributed by atoms with Crippen LogP contribution in [0.1, 0.15) is 43.5 Å². The van der Waals surface area contributed by atoms with E-state index < -0.39 is 27.9 Å². The first-order chi connectivity index (χ1) is 12.8. The van der Waals surface area contributed by atoms with Crippen LogP contribution < -0.4 is 11.1 Å². The second-order valence-corrected chi connectivity index (χ2v) is 9.06. The van der Waals surface area contributed by atoms with Crippen molar-refractivity contribution in [1.29, 1.82) is 0 Å². The van der Waals surface area contributed by atoms with Crippen LogP contribution in [-0.4, -0.2) is 55.7 Å². The number of nitrogens with two attached hydrogens (primary N) is 1. The summed E-state index contributed by atoms with van der Waals surface area (Å²) in [6.45, 7) is 4.76. The fourth-order valence-corrected chi connectivity index (χ4v) is 4.64. The van der Waals surface area contributed by atoms with E-state index >= 15 is 0 Å². The van der Waals surface area contributed by atoms with Gasteiger partial charge in [-0.3, -0.25) is 9.59 Å². The zero-order valence-electron chi connectivity index (χ0n) is 16.1. The third-order valence-electron chi connectivity index (χ3n) is 3.96. The van der Waals surface area contributed by atoms with Gasteiger partial charge in [0.25, 0.3) is 5.91 Å². The van der Waals surface area contributed by atoms with Crippen molar-refractivity contribution < 1.29 is 18.0 Å². The molecule has 0 aromatic heterocycles. The minimum atomic E-state index is -3.59. The second-order valence-electron chi connectivity index (χ2n) is 6.14. The molecular formula is C18H29N3O4S2. The topological polar surface area (TPSA) is 110 Å². The third kappa shape index (κ3) is 6.82. The molecule has 1 rings (SSSR count). The zero-order chi connectivity index (χ0) is 20.4. The van der Waals surface area contributed by atoms with Gasteiger partial charge in [-0.2, -0.15) is 16.1 Å². The van der Waals surface area contributed by atoms with Crippen LogP contribution in [-0.2, 0) is 14.8 Å². The molecule has 152 valence electrons. The van der Waals surface area contributed by atoms with Crippen molar-refractivity contribution in [3.8, 4) is 0 Å². The number of hydrogen-bond acceptors (Lipinski definition) is 5.